The number of hydrogen-bond acceptors (Lipinski definition) is 4. The standard InChI is InChI=1S/C14H9ClN4O/c15-13-8-17-12(7-18-13)14(20)19-11-3-1-2-9-6-16-5-4-10(9)11/h1-8H,(H,19,20). The van der Waals surface area contributed by atoms with Gasteiger partial charge in [0.2, 0.25) is 0 Å². The van der Waals surface area contributed by atoms with E-state index >= 15 is 0 Å². The zero-order valence-corrected chi connectivity index (χ0v) is 11.0. The van der Waals surface area contributed by atoms with Gasteiger partial charge in [0.1, 0.15) is 10.8 Å². The van der Waals surface area contributed by atoms with Crippen LogP contribution in [0.3, 0.4) is 0 Å². The molecular weight excluding hydrogens is 276 g/mol. The lowest BCUT2D eigenvalue weighted by Crippen LogP contribution is -2.14. The number of fused-ring (bicyclic) bond motifs is 1. The van der Waals surface area contributed by atoms with Gasteiger partial charge in [0.15, 0.2) is 0 Å². The van der Waals surface area contributed by atoms with Gasteiger partial charge in [0.05, 0.1) is 12.4 Å². The number of nitrogens with one attached hydrogen (secondary N) is 1. The van der Waals surface area contributed by atoms with E-state index in [2.05, 4.69) is 20.3 Å². The predicted octanol–water partition coefficient (Wildman–Crippen LogP) is 2.93. The average molecular weight is 285 g/mol. The van der Waals surface area contributed by atoms with Gasteiger partial charge < -0.3 is 5.32 Å². The molecule has 0 aliphatic heterocycles. The maximum atomic E-state index is 12.1. The first-order valence-electron chi connectivity index (χ1n) is 5.86. The molecule has 1 N–H and O–H groups in total. The largest absolute Gasteiger partial charge is 0.320 e. The second kappa shape index (κ2) is 5.22. The number of anilines is 1. The van der Waals surface area contributed by atoms with Crippen molar-refractivity contribution in [2.45, 2.75) is 0 Å². The monoisotopic (exact) mass is 284 g/mol. The Morgan fingerprint density at radius 2 is 2.00 bits per heavy atom. The van der Waals surface area contributed by atoms with Crippen LogP contribution in [0, 0.1) is 0 Å². The molecule has 98 valence electrons. The second-order valence-corrected chi connectivity index (χ2v) is 4.47. The molecule has 1 aromatic carbocycles. The van der Waals surface area contributed by atoms with Crippen LogP contribution in [0.1, 0.15) is 10.5 Å². The molecule has 2 heterocycles. The van der Waals surface area contributed by atoms with Gasteiger partial charge in [-0.25, -0.2) is 9.97 Å². The lowest BCUT2D eigenvalue weighted by molar-refractivity contribution is 0.102. The summed E-state index contributed by atoms with van der Waals surface area (Å²) >= 11 is 5.64. The molecule has 0 radical (unpaired) electrons. The van der Waals surface area contributed by atoms with Crippen LogP contribution in [0.2, 0.25) is 5.15 Å². The van der Waals surface area contributed by atoms with Crippen molar-refractivity contribution in [2.24, 2.45) is 0 Å². The normalized spacial score (nSPS) is 10.4. The molecule has 1 amide bonds. The van der Waals surface area contributed by atoms with Crippen LogP contribution >= 0.6 is 11.6 Å². The van der Waals surface area contributed by atoms with E-state index in [4.69, 9.17) is 11.6 Å². The van der Waals surface area contributed by atoms with Crippen molar-refractivity contribution in [1.29, 1.82) is 0 Å². The van der Waals surface area contributed by atoms with Crippen LogP contribution in [0.5, 0.6) is 0 Å². The zero-order valence-electron chi connectivity index (χ0n) is 10.2. The molecular formula is C14H9ClN4O. The van der Waals surface area contributed by atoms with E-state index in [1.165, 1.54) is 12.4 Å². The summed E-state index contributed by atoms with van der Waals surface area (Å²) in [6.45, 7) is 0. The van der Waals surface area contributed by atoms with Crippen molar-refractivity contribution in [3.8, 4) is 0 Å². The number of benzene rings is 1. The number of rotatable bonds is 2. The van der Waals surface area contributed by atoms with E-state index < -0.39 is 0 Å². The number of amides is 1. The second-order valence-electron chi connectivity index (χ2n) is 4.08. The van der Waals surface area contributed by atoms with Gasteiger partial charge >= 0.3 is 0 Å². The number of carbonyl (C=O) groups is 1. The summed E-state index contributed by atoms with van der Waals surface area (Å²) in [5.41, 5.74) is 0.909. The minimum atomic E-state index is -0.335. The van der Waals surface area contributed by atoms with E-state index in [1.807, 2.05) is 24.3 Å². The first kappa shape index (κ1) is 12.5. The van der Waals surface area contributed by atoms with Crippen LogP contribution in [0.4, 0.5) is 5.69 Å². The van der Waals surface area contributed by atoms with Crippen molar-refractivity contribution in [2.75, 3.05) is 5.32 Å². The quantitative estimate of drug-likeness (QED) is 0.785. The highest BCUT2D eigenvalue weighted by molar-refractivity contribution is 6.29. The Labute approximate surface area is 119 Å². The topological polar surface area (TPSA) is 67.8 Å². The van der Waals surface area contributed by atoms with Crippen molar-refractivity contribution < 1.29 is 4.79 Å². The molecule has 0 aliphatic carbocycles. The Balaban J connectivity index is 1.93. The fraction of sp³-hybridized carbons (Fsp3) is 0. The molecule has 0 atom stereocenters. The van der Waals surface area contributed by atoms with E-state index in [1.54, 1.807) is 12.4 Å². The molecule has 0 fully saturated rings. The zero-order chi connectivity index (χ0) is 13.9. The summed E-state index contributed by atoms with van der Waals surface area (Å²) in [6.07, 6.45) is 6.10. The van der Waals surface area contributed by atoms with Gasteiger partial charge in [0, 0.05) is 28.9 Å². The van der Waals surface area contributed by atoms with Gasteiger partial charge in [-0.15, -0.1) is 0 Å². The first-order valence-corrected chi connectivity index (χ1v) is 6.23. The van der Waals surface area contributed by atoms with E-state index in [0.29, 0.717) is 5.69 Å². The van der Waals surface area contributed by atoms with Crippen LogP contribution in [-0.4, -0.2) is 20.9 Å². The Kier molecular flexibility index (Phi) is 3.26. The summed E-state index contributed by atoms with van der Waals surface area (Å²) < 4.78 is 0. The van der Waals surface area contributed by atoms with Gasteiger partial charge in [-0.1, -0.05) is 23.7 Å². The molecule has 0 aliphatic rings. The minimum Gasteiger partial charge on any atom is -0.320 e. The molecule has 20 heavy (non-hydrogen) atoms. The molecule has 0 unspecified atom stereocenters. The Bertz CT molecular complexity index is 768. The number of halogens is 1. The molecule has 2 aromatic heterocycles. The number of hydrogen-bond donors (Lipinski definition) is 1. The Hall–Kier alpha value is -2.53. The van der Waals surface area contributed by atoms with Gasteiger partial charge in [0.25, 0.3) is 5.91 Å². The van der Waals surface area contributed by atoms with Crippen molar-refractivity contribution in [1.82, 2.24) is 15.0 Å². The smallest absolute Gasteiger partial charge is 0.275 e. The predicted molar refractivity (Wildman–Crippen MR) is 76.7 cm³/mol. The Morgan fingerprint density at radius 3 is 2.80 bits per heavy atom. The molecule has 0 saturated carbocycles. The average Bonchev–Trinajstić information content (AvgIpc) is 2.48. The Morgan fingerprint density at radius 1 is 1.10 bits per heavy atom. The summed E-state index contributed by atoms with van der Waals surface area (Å²) in [5, 5.41) is 4.92. The molecule has 0 saturated heterocycles. The van der Waals surface area contributed by atoms with E-state index in [0.717, 1.165) is 10.8 Å². The summed E-state index contributed by atoms with van der Waals surface area (Å²) in [7, 11) is 0. The molecule has 5 nitrogen and oxygen atoms in total. The third kappa shape index (κ3) is 2.44. The summed E-state index contributed by atoms with van der Waals surface area (Å²) in [5.74, 6) is -0.335. The lowest BCUT2D eigenvalue weighted by Gasteiger charge is -2.07. The highest BCUT2D eigenvalue weighted by atomic mass is 35.5. The lowest BCUT2D eigenvalue weighted by atomic mass is 10.1. The van der Waals surface area contributed by atoms with E-state index in [9.17, 15) is 4.79 Å². The van der Waals surface area contributed by atoms with Crippen molar-refractivity contribution >= 4 is 34.0 Å². The first-order chi connectivity index (χ1) is 9.74. The maximum absolute atomic E-state index is 12.1. The van der Waals surface area contributed by atoms with Gasteiger partial charge in [-0.05, 0) is 12.1 Å². The number of nitrogens with zero attached hydrogens (tertiary/aromatic N) is 3. The summed E-state index contributed by atoms with van der Waals surface area (Å²) in [6, 6.07) is 7.45. The van der Waals surface area contributed by atoms with Crippen molar-refractivity contribution in [3.05, 3.63) is 59.9 Å². The van der Waals surface area contributed by atoms with E-state index in [-0.39, 0.29) is 16.8 Å². The third-order valence-corrected chi connectivity index (χ3v) is 2.98. The van der Waals surface area contributed by atoms with Crippen LogP contribution < -0.4 is 5.32 Å². The SMILES string of the molecule is O=C(Nc1cccc2cnccc12)c1cnc(Cl)cn1. The fourth-order valence-corrected chi connectivity index (χ4v) is 1.95. The summed E-state index contributed by atoms with van der Waals surface area (Å²) in [4.78, 5) is 23.9. The number of carbonyl (C=O) groups excluding carboxylic acids is 1. The maximum Gasteiger partial charge on any atom is 0.275 e. The molecule has 3 aromatic rings. The molecule has 0 spiro atoms. The number of pyridine rings is 1. The third-order valence-electron chi connectivity index (χ3n) is 2.78. The highest BCUT2D eigenvalue weighted by Crippen LogP contribution is 2.22. The van der Waals surface area contributed by atoms with Crippen LogP contribution in [0.15, 0.2) is 49.1 Å². The molecule has 3 rings (SSSR count). The van der Waals surface area contributed by atoms with Gasteiger partial charge in [-0.3, -0.25) is 9.78 Å². The van der Waals surface area contributed by atoms with Crippen LogP contribution in [0.25, 0.3) is 10.8 Å². The molecule has 6 heteroatoms. The van der Waals surface area contributed by atoms with Gasteiger partial charge in [-0.2, -0.15) is 0 Å². The highest BCUT2D eigenvalue weighted by Gasteiger charge is 2.10. The number of aromatic nitrogens is 3. The van der Waals surface area contributed by atoms with Crippen LogP contribution in [-0.2, 0) is 0 Å². The fourth-order valence-electron chi connectivity index (χ4n) is 1.85. The van der Waals surface area contributed by atoms with Crippen molar-refractivity contribution in [3.63, 3.8) is 0 Å². The molecule has 0 bridgehead atoms. The minimum absolute atomic E-state index is 0.209.